The van der Waals surface area contributed by atoms with Gasteiger partial charge in [-0.15, -0.1) is 0 Å². The summed E-state index contributed by atoms with van der Waals surface area (Å²) < 4.78 is 18.1. The highest BCUT2D eigenvalue weighted by molar-refractivity contribution is 5.96. The molecular weight excluding hydrogens is 291 g/mol. The largest absolute Gasteiger partial charge is 0.451 e. The minimum Gasteiger partial charge on any atom is -0.451 e. The molecule has 1 amide bonds. The van der Waals surface area contributed by atoms with Crippen LogP contribution >= 0.6 is 0 Å². The molecule has 2 aromatic rings. The topological polar surface area (TPSA) is 107 Å². The third-order valence-electron chi connectivity index (χ3n) is 2.71. The summed E-state index contributed by atoms with van der Waals surface area (Å²) in [7, 11) is 0. The van der Waals surface area contributed by atoms with Gasteiger partial charge in [-0.2, -0.15) is 0 Å². The van der Waals surface area contributed by atoms with Crippen molar-refractivity contribution in [2.75, 3.05) is 17.7 Å². The summed E-state index contributed by atoms with van der Waals surface area (Å²) in [6.45, 7) is 1.05. The Balaban J connectivity index is 1.91. The number of nitrogen functional groups attached to an aromatic ring is 1. The number of nitrogens with two attached hydrogens (primary N) is 1. The van der Waals surface area contributed by atoms with E-state index in [2.05, 4.69) is 15.3 Å². The lowest BCUT2D eigenvalue weighted by molar-refractivity contribution is -0.119. The number of nitrogens with one attached hydrogen (secondary N) is 1. The van der Waals surface area contributed by atoms with Crippen molar-refractivity contribution in [2.24, 2.45) is 0 Å². The highest BCUT2D eigenvalue weighted by Gasteiger charge is 2.15. The van der Waals surface area contributed by atoms with E-state index in [0.717, 1.165) is 0 Å². The zero-order chi connectivity index (χ0) is 16.1. The molecule has 1 heterocycles. The molecule has 0 aliphatic heterocycles. The van der Waals surface area contributed by atoms with E-state index in [1.165, 1.54) is 24.5 Å². The molecule has 8 heteroatoms. The maximum atomic E-state index is 13.3. The lowest BCUT2D eigenvalue weighted by atomic mass is 10.2. The molecule has 22 heavy (non-hydrogen) atoms. The van der Waals surface area contributed by atoms with Crippen LogP contribution in [0.15, 0.2) is 30.6 Å². The molecule has 0 aliphatic rings. The van der Waals surface area contributed by atoms with Crippen molar-refractivity contribution >= 4 is 23.4 Å². The Morgan fingerprint density at radius 2 is 2.05 bits per heavy atom. The molecule has 0 unspecified atom stereocenters. The average molecular weight is 304 g/mol. The highest BCUT2D eigenvalue weighted by atomic mass is 19.1. The summed E-state index contributed by atoms with van der Waals surface area (Å²) in [6.07, 6.45) is 2.60. The normalized spacial score (nSPS) is 10.1. The zero-order valence-electron chi connectivity index (χ0n) is 11.7. The third kappa shape index (κ3) is 3.75. The number of anilines is 2. The van der Waals surface area contributed by atoms with Crippen molar-refractivity contribution in [3.63, 3.8) is 0 Å². The van der Waals surface area contributed by atoms with Crippen molar-refractivity contribution in [2.45, 2.75) is 6.92 Å². The van der Waals surface area contributed by atoms with Crippen LogP contribution in [0.3, 0.4) is 0 Å². The monoisotopic (exact) mass is 304 g/mol. The Hall–Kier alpha value is -3.03. The second kappa shape index (κ2) is 6.61. The number of hydrogen-bond acceptors (Lipinski definition) is 6. The molecule has 0 bridgehead atoms. The lowest BCUT2D eigenvalue weighted by Crippen LogP contribution is -2.22. The van der Waals surface area contributed by atoms with Gasteiger partial charge in [0.25, 0.3) is 5.91 Å². The predicted octanol–water partition coefficient (Wildman–Crippen LogP) is 1.30. The van der Waals surface area contributed by atoms with E-state index in [1.807, 2.05) is 0 Å². The maximum absolute atomic E-state index is 13.3. The van der Waals surface area contributed by atoms with Gasteiger partial charge in [-0.25, -0.2) is 19.2 Å². The smallest absolute Gasteiger partial charge is 0.361 e. The predicted molar refractivity (Wildman–Crippen MR) is 76.5 cm³/mol. The number of carbonyl (C=O) groups excluding carboxylic acids is 2. The van der Waals surface area contributed by atoms with Crippen molar-refractivity contribution < 1.29 is 18.7 Å². The summed E-state index contributed by atoms with van der Waals surface area (Å²) in [6, 6.07) is 4.24. The van der Waals surface area contributed by atoms with Gasteiger partial charge < -0.3 is 15.8 Å². The quantitative estimate of drug-likeness (QED) is 0.824. The Morgan fingerprint density at radius 1 is 1.32 bits per heavy atom. The first-order valence-corrected chi connectivity index (χ1v) is 6.27. The van der Waals surface area contributed by atoms with Crippen LogP contribution in [0.1, 0.15) is 16.1 Å². The van der Waals surface area contributed by atoms with Crippen molar-refractivity contribution in [3.8, 4) is 0 Å². The fraction of sp³-hybridized carbons (Fsp3) is 0.143. The number of carbonyl (C=O) groups is 2. The summed E-state index contributed by atoms with van der Waals surface area (Å²) in [5.41, 5.74) is 6.02. The van der Waals surface area contributed by atoms with Crippen molar-refractivity contribution in [1.29, 1.82) is 0 Å². The van der Waals surface area contributed by atoms with E-state index in [0.29, 0.717) is 5.56 Å². The van der Waals surface area contributed by atoms with E-state index in [4.69, 9.17) is 10.5 Å². The van der Waals surface area contributed by atoms with Gasteiger partial charge in [0.2, 0.25) is 0 Å². The van der Waals surface area contributed by atoms with Gasteiger partial charge in [0, 0.05) is 18.1 Å². The lowest BCUT2D eigenvalue weighted by Gasteiger charge is -2.07. The summed E-state index contributed by atoms with van der Waals surface area (Å²) in [5, 5.41) is 2.41. The van der Waals surface area contributed by atoms with Crippen LogP contribution in [0.25, 0.3) is 0 Å². The van der Waals surface area contributed by atoms with Crippen molar-refractivity contribution in [1.82, 2.24) is 9.97 Å². The molecule has 0 fully saturated rings. The van der Waals surface area contributed by atoms with Gasteiger partial charge in [0.05, 0.1) is 0 Å². The molecule has 2 rings (SSSR count). The van der Waals surface area contributed by atoms with Gasteiger partial charge >= 0.3 is 5.97 Å². The first kappa shape index (κ1) is 15.4. The second-order valence-corrected chi connectivity index (χ2v) is 4.38. The van der Waals surface area contributed by atoms with Crippen LogP contribution in [-0.2, 0) is 9.53 Å². The number of esters is 1. The number of benzene rings is 1. The molecule has 114 valence electrons. The fourth-order valence-electron chi connectivity index (χ4n) is 1.57. The Bertz CT molecular complexity index is 721. The second-order valence-electron chi connectivity index (χ2n) is 4.38. The molecule has 0 saturated heterocycles. The van der Waals surface area contributed by atoms with Crippen LogP contribution in [0, 0.1) is 12.7 Å². The molecular formula is C14H13FN4O3. The van der Waals surface area contributed by atoms with Crippen LogP contribution in [0.2, 0.25) is 0 Å². The first-order chi connectivity index (χ1) is 10.5. The number of aryl methyl sites for hydroxylation is 1. The van der Waals surface area contributed by atoms with Gasteiger partial charge in [-0.05, 0) is 24.6 Å². The summed E-state index contributed by atoms with van der Waals surface area (Å²) in [5.74, 6) is -2.01. The SMILES string of the molecule is Cc1ccc(NC(=O)COC(=O)c2nccnc2N)cc1F. The molecule has 0 atom stereocenters. The first-order valence-electron chi connectivity index (χ1n) is 6.27. The van der Waals surface area contributed by atoms with Gasteiger partial charge in [-0.1, -0.05) is 6.07 Å². The van der Waals surface area contributed by atoms with E-state index >= 15 is 0 Å². The van der Waals surface area contributed by atoms with E-state index in [1.54, 1.807) is 13.0 Å². The number of hydrogen-bond donors (Lipinski definition) is 2. The van der Waals surface area contributed by atoms with Crippen LogP contribution in [-0.4, -0.2) is 28.5 Å². The number of amides is 1. The Morgan fingerprint density at radius 3 is 2.73 bits per heavy atom. The number of rotatable bonds is 4. The van der Waals surface area contributed by atoms with E-state index < -0.39 is 24.3 Å². The molecule has 1 aromatic heterocycles. The number of halogens is 1. The molecule has 3 N–H and O–H groups in total. The molecule has 0 saturated carbocycles. The van der Waals surface area contributed by atoms with Crippen LogP contribution < -0.4 is 11.1 Å². The van der Waals surface area contributed by atoms with Gasteiger partial charge in [0.15, 0.2) is 18.1 Å². The zero-order valence-corrected chi connectivity index (χ0v) is 11.7. The van der Waals surface area contributed by atoms with Crippen LogP contribution in [0.4, 0.5) is 15.9 Å². The number of nitrogens with zero attached hydrogens (tertiary/aromatic N) is 2. The number of ether oxygens (including phenoxy) is 1. The Kier molecular flexibility index (Phi) is 4.62. The van der Waals surface area contributed by atoms with E-state index in [9.17, 15) is 14.0 Å². The molecule has 0 radical (unpaired) electrons. The van der Waals surface area contributed by atoms with Gasteiger partial charge in [0.1, 0.15) is 5.82 Å². The van der Waals surface area contributed by atoms with Crippen molar-refractivity contribution in [3.05, 3.63) is 47.7 Å². The minimum atomic E-state index is -0.865. The Labute approximate surface area is 125 Å². The molecule has 7 nitrogen and oxygen atoms in total. The highest BCUT2D eigenvalue weighted by Crippen LogP contribution is 2.13. The van der Waals surface area contributed by atoms with E-state index in [-0.39, 0.29) is 17.2 Å². The maximum Gasteiger partial charge on any atom is 0.361 e. The minimum absolute atomic E-state index is 0.0893. The average Bonchev–Trinajstić information content (AvgIpc) is 2.49. The van der Waals surface area contributed by atoms with Crippen LogP contribution in [0.5, 0.6) is 0 Å². The summed E-state index contributed by atoms with van der Waals surface area (Å²) in [4.78, 5) is 30.7. The summed E-state index contributed by atoms with van der Waals surface area (Å²) >= 11 is 0. The number of aromatic nitrogens is 2. The third-order valence-corrected chi connectivity index (χ3v) is 2.71. The standard InChI is InChI=1S/C14H13FN4O3/c1-8-2-3-9(6-10(8)15)19-11(20)7-22-14(21)12-13(16)18-5-4-17-12/h2-6H,7H2,1H3,(H2,16,18)(H,19,20). The fourth-order valence-corrected chi connectivity index (χ4v) is 1.57. The molecule has 0 aliphatic carbocycles. The molecule has 1 aromatic carbocycles. The van der Waals surface area contributed by atoms with Gasteiger partial charge in [-0.3, -0.25) is 4.79 Å². The molecule has 0 spiro atoms.